The van der Waals surface area contributed by atoms with Gasteiger partial charge in [0.15, 0.2) is 9.75 Å². The van der Waals surface area contributed by atoms with Gasteiger partial charge in [-0.15, -0.1) is 23.2 Å². The first-order valence-electron chi connectivity index (χ1n) is 14.9. The fourth-order valence-corrected chi connectivity index (χ4v) is 9.40. The van der Waals surface area contributed by atoms with E-state index in [1.54, 1.807) is 12.1 Å². The normalized spacial score (nSPS) is 34.7. The van der Waals surface area contributed by atoms with E-state index in [9.17, 15) is 24.3 Å². The Hall–Kier alpha value is -3.20. The molecule has 0 bridgehead atoms. The number of halogens is 2. The minimum atomic E-state index is -1.85. The quantitative estimate of drug-likeness (QED) is 0.314. The molecule has 1 saturated carbocycles. The van der Waals surface area contributed by atoms with Crippen molar-refractivity contribution in [3.63, 3.8) is 0 Å². The number of nitrogens with zero attached hydrogens (tertiary/aromatic N) is 3. The van der Waals surface area contributed by atoms with Crippen LogP contribution >= 0.6 is 23.2 Å². The molecule has 0 unspecified atom stereocenters. The van der Waals surface area contributed by atoms with Crippen LogP contribution in [0, 0.1) is 17.8 Å². The number of benzene rings is 2. The zero-order valence-corrected chi connectivity index (χ0v) is 25.3. The maximum atomic E-state index is 14.2. The zero-order chi connectivity index (χ0) is 30.3. The number of allylic oxidation sites excluding steroid dienone is 2. The highest BCUT2D eigenvalue weighted by molar-refractivity contribution is 6.53. The van der Waals surface area contributed by atoms with Gasteiger partial charge in [-0.25, -0.2) is 0 Å². The van der Waals surface area contributed by atoms with Crippen LogP contribution in [0.5, 0.6) is 5.75 Å². The van der Waals surface area contributed by atoms with Crippen molar-refractivity contribution in [2.75, 3.05) is 20.1 Å². The molecule has 2 aromatic carbocycles. The fourth-order valence-electron chi connectivity index (χ4n) is 8.38. The fraction of sp³-hybridized carbons (Fsp3) is 0.455. The largest absolute Gasteiger partial charge is 0.508 e. The minimum absolute atomic E-state index is 0.0172. The molecule has 1 N–H and O–H groups in total. The number of fused-ring (bicyclic) bond motifs is 4. The molecule has 4 amide bonds. The summed E-state index contributed by atoms with van der Waals surface area (Å²) >= 11 is 14.4. The van der Waals surface area contributed by atoms with Crippen molar-refractivity contribution < 1.29 is 24.3 Å². The van der Waals surface area contributed by atoms with Gasteiger partial charge in [-0.3, -0.25) is 33.9 Å². The molecule has 6 atom stereocenters. The molecule has 8 nitrogen and oxygen atoms in total. The van der Waals surface area contributed by atoms with Crippen LogP contribution in [0.2, 0.25) is 0 Å². The van der Waals surface area contributed by atoms with Gasteiger partial charge in [-0.1, -0.05) is 54.1 Å². The first-order valence-corrected chi connectivity index (χ1v) is 15.6. The van der Waals surface area contributed by atoms with E-state index in [1.165, 1.54) is 29.6 Å². The first-order chi connectivity index (χ1) is 20.6. The van der Waals surface area contributed by atoms with E-state index in [-0.39, 0.29) is 30.0 Å². The second kappa shape index (κ2) is 10.2. The summed E-state index contributed by atoms with van der Waals surface area (Å²) in [7, 11) is 1.37. The van der Waals surface area contributed by atoms with Gasteiger partial charge in [0.1, 0.15) is 5.75 Å². The summed E-state index contributed by atoms with van der Waals surface area (Å²) in [5.74, 6) is -4.30. The molecule has 0 spiro atoms. The average molecular weight is 623 g/mol. The minimum Gasteiger partial charge on any atom is -0.508 e. The first kappa shape index (κ1) is 28.6. The Morgan fingerprint density at radius 2 is 1.63 bits per heavy atom. The van der Waals surface area contributed by atoms with Gasteiger partial charge in [-0.2, -0.15) is 0 Å². The van der Waals surface area contributed by atoms with Crippen LogP contribution in [0.4, 0.5) is 0 Å². The number of hydrogen-bond donors (Lipinski definition) is 1. The lowest BCUT2D eigenvalue weighted by Crippen LogP contribution is -2.60. The van der Waals surface area contributed by atoms with Crippen LogP contribution in [0.3, 0.4) is 0 Å². The van der Waals surface area contributed by atoms with Gasteiger partial charge in [0.25, 0.3) is 11.8 Å². The molecule has 10 heteroatoms. The number of carbonyl (C=O) groups is 4. The average Bonchev–Trinajstić information content (AvgIpc) is 3.33. The number of phenols is 1. The molecule has 5 aliphatic rings. The summed E-state index contributed by atoms with van der Waals surface area (Å²) in [6, 6.07) is 16.5. The maximum absolute atomic E-state index is 14.2. The smallest absolute Gasteiger partial charge is 0.253 e. The van der Waals surface area contributed by atoms with Crippen molar-refractivity contribution in [2.24, 2.45) is 17.8 Å². The molecular formula is C33H33Cl2N3O5. The van der Waals surface area contributed by atoms with Crippen LogP contribution in [0.15, 0.2) is 66.2 Å². The number of imide groups is 2. The molecule has 2 aliphatic carbocycles. The summed E-state index contributed by atoms with van der Waals surface area (Å²) in [6.07, 6.45) is 3.62. The van der Waals surface area contributed by atoms with Crippen LogP contribution < -0.4 is 0 Å². The number of amides is 4. The third-order valence-electron chi connectivity index (χ3n) is 10.4. The summed E-state index contributed by atoms with van der Waals surface area (Å²) in [6.45, 7) is 2.38. The number of phenolic OH excluding ortho intramolecular Hbond substituents is 1. The van der Waals surface area contributed by atoms with Crippen LogP contribution in [-0.4, -0.2) is 79.4 Å². The number of alkyl halides is 2. The Labute approximate surface area is 260 Å². The molecular weight excluding hydrogens is 589 g/mol. The molecule has 3 aliphatic heterocycles. The van der Waals surface area contributed by atoms with Crippen LogP contribution in [-0.2, 0) is 25.7 Å². The maximum Gasteiger partial charge on any atom is 0.253 e. The molecule has 7 rings (SSSR count). The van der Waals surface area contributed by atoms with E-state index in [2.05, 4.69) is 17.0 Å². The Balaban J connectivity index is 1.20. The van der Waals surface area contributed by atoms with E-state index < -0.39 is 45.2 Å². The van der Waals surface area contributed by atoms with E-state index in [0.717, 1.165) is 30.1 Å². The van der Waals surface area contributed by atoms with Crippen LogP contribution in [0.25, 0.3) is 0 Å². The second-order valence-electron chi connectivity index (χ2n) is 12.6. The second-order valence-corrected chi connectivity index (χ2v) is 13.9. The molecule has 0 aromatic heterocycles. The topological polar surface area (TPSA) is 98.2 Å². The third-order valence-corrected chi connectivity index (χ3v) is 11.8. The summed E-state index contributed by atoms with van der Waals surface area (Å²) < 4.78 is 0. The standard InChI is InChI=1S/C33H33Cl2N3O5/c1-36-30(42)32(34)17-25-23(27(33(32,35)31(36)43)20-8-5-9-22(39)16-20)10-11-24-26(25)29(41)38(28(24)40)21-12-14-37(15-13-21)18-19-6-3-2-4-7-19/h2-10,16,21,24-27,39H,11-15,17-18H2,1H3/t24-,25+,26-,27-,32+,33-/m0/s1. The highest BCUT2D eigenvalue weighted by Crippen LogP contribution is 2.65. The van der Waals surface area contributed by atoms with E-state index in [0.29, 0.717) is 24.8 Å². The Morgan fingerprint density at radius 1 is 0.907 bits per heavy atom. The van der Waals surface area contributed by atoms with Crippen molar-refractivity contribution in [3.05, 3.63) is 77.4 Å². The van der Waals surface area contributed by atoms with Crippen molar-refractivity contribution in [1.29, 1.82) is 0 Å². The molecule has 3 heterocycles. The SMILES string of the molecule is CN1C(=O)[C@]2(Cl)C[C@@H]3C(=CC[C@@H]4C(=O)N(C5CCN(Cc6ccccc6)CC5)C(=O)[C@@H]43)[C@H](c3cccc(O)c3)[C@]2(Cl)C1=O. The van der Waals surface area contributed by atoms with Gasteiger partial charge in [0.2, 0.25) is 11.8 Å². The van der Waals surface area contributed by atoms with Gasteiger partial charge in [0, 0.05) is 38.6 Å². The van der Waals surface area contributed by atoms with E-state index in [4.69, 9.17) is 23.2 Å². The number of hydrogen-bond acceptors (Lipinski definition) is 6. The third kappa shape index (κ3) is 4.06. The molecule has 0 radical (unpaired) electrons. The van der Waals surface area contributed by atoms with Gasteiger partial charge in [0.05, 0.1) is 11.8 Å². The predicted octanol–water partition coefficient (Wildman–Crippen LogP) is 4.05. The lowest BCUT2D eigenvalue weighted by molar-refractivity contribution is -0.144. The van der Waals surface area contributed by atoms with Crippen molar-refractivity contribution >= 4 is 46.8 Å². The van der Waals surface area contributed by atoms with Gasteiger partial charge in [-0.05, 0) is 54.9 Å². The van der Waals surface area contributed by atoms with Crippen molar-refractivity contribution in [2.45, 2.75) is 53.9 Å². The van der Waals surface area contributed by atoms with Crippen molar-refractivity contribution in [3.8, 4) is 5.75 Å². The number of piperidine rings is 1. The van der Waals surface area contributed by atoms with Crippen molar-refractivity contribution in [1.82, 2.24) is 14.7 Å². The molecule has 4 fully saturated rings. The number of aromatic hydroxyl groups is 1. The Kier molecular flexibility index (Phi) is 6.76. The highest BCUT2D eigenvalue weighted by atomic mass is 35.5. The number of carbonyl (C=O) groups excluding carboxylic acids is 4. The molecule has 43 heavy (non-hydrogen) atoms. The summed E-state index contributed by atoms with van der Waals surface area (Å²) in [5, 5.41) is 10.3. The zero-order valence-electron chi connectivity index (χ0n) is 23.8. The lowest BCUT2D eigenvalue weighted by Gasteiger charge is -2.50. The Morgan fingerprint density at radius 3 is 2.33 bits per heavy atom. The number of rotatable bonds is 4. The van der Waals surface area contributed by atoms with Gasteiger partial charge >= 0.3 is 0 Å². The monoisotopic (exact) mass is 621 g/mol. The number of likely N-dealkylation sites (tertiary alicyclic amines) is 3. The summed E-state index contributed by atoms with van der Waals surface area (Å²) in [4.78, 5) is 56.5. The summed E-state index contributed by atoms with van der Waals surface area (Å²) in [5.41, 5.74) is 2.49. The van der Waals surface area contributed by atoms with Crippen LogP contribution in [0.1, 0.15) is 42.7 Å². The van der Waals surface area contributed by atoms with E-state index in [1.807, 2.05) is 24.3 Å². The molecule has 2 aromatic rings. The lowest BCUT2D eigenvalue weighted by atomic mass is 9.56. The molecule has 3 saturated heterocycles. The highest BCUT2D eigenvalue weighted by Gasteiger charge is 2.76. The van der Waals surface area contributed by atoms with E-state index >= 15 is 0 Å². The molecule has 224 valence electrons. The van der Waals surface area contributed by atoms with Gasteiger partial charge < -0.3 is 5.11 Å². The predicted molar refractivity (Wildman–Crippen MR) is 160 cm³/mol. The Bertz CT molecular complexity index is 1560.